The Balaban J connectivity index is 1.73. The van der Waals surface area contributed by atoms with Crippen molar-refractivity contribution in [3.8, 4) is 10.9 Å². The van der Waals surface area contributed by atoms with Gasteiger partial charge in [-0.1, -0.05) is 17.8 Å². The molecule has 1 aliphatic carbocycles. The Hall–Kier alpha value is -2.41. The number of hydrogen-bond acceptors (Lipinski definition) is 5. The van der Waals surface area contributed by atoms with Crippen molar-refractivity contribution in [2.24, 2.45) is 11.1 Å². The second-order valence-corrected chi connectivity index (χ2v) is 7.27. The summed E-state index contributed by atoms with van der Waals surface area (Å²) >= 11 is 1.47. The topological polar surface area (TPSA) is 94.3 Å². The molecule has 1 saturated carbocycles. The summed E-state index contributed by atoms with van der Waals surface area (Å²) in [4.78, 5) is 29.2. The van der Waals surface area contributed by atoms with Crippen LogP contribution in [-0.4, -0.2) is 16.8 Å². The van der Waals surface area contributed by atoms with Gasteiger partial charge in [-0.05, 0) is 50.5 Å². The molecule has 3 rings (SSSR count). The molecule has 0 unspecified atom stereocenters. The third-order valence-corrected chi connectivity index (χ3v) is 5.13. The van der Waals surface area contributed by atoms with Crippen LogP contribution in [0.25, 0.3) is 0 Å². The number of nitrogens with zero attached hydrogens (tertiary/aromatic N) is 1. The predicted octanol–water partition coefficient (Wildman–Crippen LogP) is 3.15. The molecular formula is C17H19N3O3S. The summed E-state index contributed by atoms with van der Waals surface area (Å²) in [6, 6.07) is 5.33. The van der Waals surface area contributed by atoms with Gasteiger partial charge in [0.05, 0.1) is 0 Å². The molecule has 126 valence electrons. The summed E-state index contributed by atoms with van der Waals surface area (Å²) in [5, 5.41) is 3.37. The number of nitrogens with two attached hydrogens (primary N) is 1. The molecule has 1 aromatic heterocycles. The average molecular weight is 345 g/mol. The number of nitrogens with one attached hydrogen (secondary N) is 1. The first-order valence-corrected chi connectivity index (χ1v) is 8.55. The summed E-state index contributed by atoms with van der Waals surface area (Å²) in [5.41, 5.74) is 5.83. The summed E-state index contributed by atoms with van der Waals surface area (Å²) in [6.45, 7) is 3.85. The molecule has 1 fully saturated rings. The number of aryl methyl sites for hydroxylation is 2. The number of rotatable bonds is 5. The third-order valence-electron chi connectivity index (χ3n) is 4.34. The van der Waals surface area contributed by atoms with Crippen LogP contribution in [-0.2, 0) is 9.59 Å². The van der Waals surface area contributed by atoms with Crippen LogP contribution in [0.15, 0.2) is 24.4 Å². The van der Waals surface area contributed by atoms with Gasteiger partial charge >= 0.3 is 0 Å². The van der Waals surface area contributed by atoms with Crippen LogP contribution >= 0.6 is 11.3 Å². The molecule has 7 heteroatoms. The Morgan fingerprint density at radius 2 is 2.08 bits per heavy atom. The molecule has 0 atom stereocenters. The number of amides is 2. The number of hydrogen-bond donors (Lipinski definition) is 2. The van der Waals surface area contributed by atoms with Gasteiger partial charge in [0, 0.05) is 16.8 Å². The second-order valence-electron chi connectivity index (χ2n) is 6.07. The van der Waals surface area contributed by atoms with E-state index in [4.69, 9.17) is 10.5 Å². The third kappa shape index (κ3) is 2.99. The van der Waals surface area contributed by atoms with Crippen LogP contribution in [0, 0.1) is 19.3 Å². The number of ether oxygens (including phenoxy) is 1. The Kier molecular flexibility index (Phi) is 4.28. The smallest absolute Gasteiger partial charge is 0.278 e. The van der Waals surface area contributed by atoms with Crippen molar-refractivity contribution in [1.29, 1.82) is 0 Å². The van der Waals surface area contributed by atoms with Crippen molar-refractivity contribution in [3.05, 3.63) is 34.8 Å². The molecule has 2 amide bonds. The highest BCUT2D eigenvalue weighted by Gasteiger charge is 2.49. The largest absolute Gasteiger partial charge is 0.431 e. The Labute approximate surface area is 144 Å². The molecule has 0 bridgehead atoms. The first-order chi connectivity index (χ1) is 11.4. The fourth-order valence-electron chi connectivity index (χ4n) is 2.68. The van der Waals surface area contributed by atoms with E-state index < -0.39 is 11.3 Å². The van der Waals surface area contributed by atoms with Crippen molar-refractivity contribution >= 4 is 28.8 Å². The minimum absolute atomic E-state index is 0.329. The molecule has 0 radical (unpaired) electrons. The van der Waals surface area contributed by atoms with Gasteiger partial charge in [0.2, 0.25) is 11.8 Å². The Morgan fingerprint density at radius 1 is 1.33 bits per heavy atom. The van der Waals surface area contributed by atoms with Gasteiger partial charge in [0.25, 0.3) is 5.19 Å². The van der Waals surface area contributed by atoms with E-state index in [1.165, 1.54) is 11.3 Å². The lowest BCUT2D eigenvalue weighted by Crippen LogP contribution is -2.51. The quantitative estimate of drug-likeness (QED) is 0.814. The Bertz CT molecular complexity index is 796. The van der Waals surface area contributed by atoms with Gasteiger partial charge in [0.15, 0.2) is 0 Å². The second kappa shape index (κ2) is 6.24. The number of carbonyl (C=O) groups excluding carboxylic acids is 2. The molecule has 0 spiro atoms. The van der Waals surface area contributed by atoms with Crippen LogP contribution in [0.4, 0.5) is 5.69 Å². The molecule has 6 nitrogen and oxygen atoms in total. The first-order valence-electron chi connectivity index (χ1n) is 7.73. The van der Waals surface area contributed by atoms with Crippen molar-refractivity contribution in [1.82, 2.24) is 4.98 Å². The zero-order chi connectivity index (χ0) is 17.3. The molecule has 1 aliphatic rings. The van der Waals surface area contributed by atoms with E-state index in [1.54, 1.807) is 24.4 Å². The van der Waals surface area contributed by atoms with Crippen molar-refractivity contribution < 1.29 is 14.3 Å². The van der Waals surface area contributed by atoms with E-state index in [-0.39, 0.29) is 5.91 Å². The van der Waals surface area contributed by atoms with E-state index in [2.05, 4.69) is 10.3 Å². The fourth-order valence-corrected chi connectivity index (χ4v) is 3.30. The van der Waals surface area contributed by atoms with Gasteiger partial charge in [-0.2, -0.15) is 0 Å². The van der Waals surface area contributed by atoms with Gasteiger partial charge in [-0.3, -0.25) is 9.59 Å². The highest BCUT2D eigenvalue weighted by molar-refractivity contribution is 7.13. The number of thiazole rings is 1. The monoisotopic (exact) mass is 345 g/mol. The summed E-state index contributed by atoms with van der Waals surface area (Å²) in [6.07, 6.45) is 3.62. The number of primary amides is 1. The fraction of sp³-hybridized carbons (Fsp3) is 0.353. The van der Waals surface area contributed by atoms with E-state index in [1.807, 2.05) is 13.8 Å². The molecule has 1 aromatic carbocycles. The number of aromatic nitrogens is 1. The molecule has 0 aliphatic heterocycles. The molecule has 1 heterocycles. The number of anilines is 1. The minimum atomic E-state index is -1.05. The van der Waals surface area contributed by atoms with Crippen LogP contribution in [0.1, 0.15) is 29.7 Å². The standard InChI is InChI=1S/C17H19N3O3S/c1-10-8-12(20-15(22)17(14(18)21)6-3-7-17)4-5-13(10)23-16-19-9-11(2)24-16/h4-5,8-9H,3,6-7H2,1-2H3,(H2,18,21)(H,20,22). The summed E-state index contributed by atoms with van der Waals surface area (Å²) < 4.78 is 5.75. The van der Waals surface area contributed by atoms with Crippen LogP contribution in [0.3, 0.4) is 0 Å². The molecule has 0 saturated heterocycles. The van der Waals surface area contributed by atoms with Crippen LogP contribution in [0.5, 0.6) is 10.9 Å². The average Bonchev–Trinajstić information content (AvgIpc) is 2.85. The number of benzene rings is 1. The van der Waals surface area contributed by atoms with Crippen molar-refractivity contribution in [3.63, 3.8) is 0 Å². The van der Waals surface area contributed by atoms with Gasteiger partial charge in [-0.25, -0.2) is 4.98 Å². The van der Waals surface area contributed by atoms with Gasteiger partial charge in [-0.15, -0.1) is 0 Å². The van der Waals surface area contributed by atoms with Crippen LogP contribution < -0.4 is 15.8 Å². The SMILES string of the molecule is Cc1cnc(Oc2ccc(NC(=O)C3(C(N)=O)CCC3)cc2C)s1. The maximum atomic E-state index is 12.4. The van der Waals surface area contributed by atoms with Gasteiger partial charge < -0.3 is 15.8 Å². The minimum Gasteiger partial charge on any atom is -0.431 e. The lowest BCUT2D eigenvalue weighted by molar-refractivity contribution is -0.144. The lowest BCUT2D eigenvalue weighted by atomic mass is 9.67. The predicted molar refractivity (Wildman–Crippen MR) is 92.2 cm³/mol. The highest BCUT2D eigenvalue weighted by Crippen LogP contribution is 2.41. The van der Waals surface area contributed by atoms with Crippen molar-refractivity contribution in [2.75, 3.05) is 5.32 Å². The molecule has 24 heavy (non-hydrogen) atoms. The summed E-state index contributed by atoms with van der Waals surface area (Å²) in [5.74, 6) is -0.206. The van der Waals surface area contributed by atoms with E-state index in [0.717, 1.165) is 16.9 Å². The van der Waals surface area contributed by atoms with E-state index in [0.29, 0.717) is 29.5 Å². The number of carbonyl (C=O) groups is 2. The van der Waals surface area contributed by atoms with E-state index in [9.17, 15) is 9.59 Å². The molecule has 2 aromatic rings. The highest BCUT2D eigenvalue weighted by atomic mass is 32.1. The normalized spacial score (nSPS) is 15.4. The first kappa shape index (κ1) is 16.4. The lowest BCUT2D eigenvalue weighted by Gasteiger charge is -2.36. The maximum Gasteiger partial charge on any atom is 0.278 e. The zero-order valence-corrected chi connectivity index (χ0v) is 14.4. The van der Waals surface area contributed by atoms with E-state index >= 15 is 0 Å². The zero-order valence-electron chi connectivity index (χ0n) is 13.6. The van der Waals surface area contributed by atoms with Gasteiger partial charge in [0.1, 0.15) is 11.2 Å². The Morgan fingerprint density at radius 3 is 2.58 bits per heavy atom. The molecular weight excluding hydrogens is 326 g/mol. The molecule has 3 N–H and O–H groups in total. The summed E-state index contributed by atoms with van der Waals surface area (Å²) in [7, 11) is 0. The maximum absolute atomic E-state index is 12.4. The van der Waals surface area contributed by atoms with Crippen molar-refractivity contribution in [2.45, 2.75) is 33.1 Å². The van der Waals surface area contributed by atoms with Crippen LogP contribution in [0.2, 0.25) is 0 Å².